The van der Waals surface area contributed by atoms with Crippen molar-refractivity contribution in [1.29, 1.82) is 0 Å². The summed E-state index contributed by atoms with van der Waals surface area (Å²) in [4.78, 5) is 16.8. The number of ether oxygens (including phenoxy) is 1. The van der Waals surface area contributed by atoms with Crippen LogP contribution in [0.5, 0.6) is 5.75 Å². The van der Waals surface area contributed by atoms with E-state index in [1.807, 2.05) is 13.8 Å². The van der Waals surface area contributed by atoms with E-state index in [1.54, 1.807) is 18.2 Å². The number of thioether (sulfide) groups is 1. The number of aryl methyl sites for hydroxylation is 1. The van der Waals surface area contributed by atoms with E-state index < -0.39 is 10.0 Å². The molecule has 0 saturated carbocycles. The Bertz CT molecular complexity index is 950. The molecule has 1 aromatic carbocycles. The van der Waals surface area contributed by atoms with Gasteiger partial charge in [-0.15, -0.1) is 0 Å². The Balaban J connectivity index is 1.57. The number of H-pyrrole nitrogens is 1. The van der Waals surface area contributed by atoms with Crippen LogP contribution in [0, 0.1) is 12.8 Å². The van der Waals surface area contributed by atoms with E-state index in [-0.39, 0.29) is 23.3 Å². The van der Waals surface area contributed by atoms with Crippen LogP contribution in [0.1, 0.15) is 25.3 Å². The van der Waals surface area contributed by atoms with Crippen LogP contribution in [0.3, 0.4) is 0 Å². The molecule has 1 atom stereocenters. The standard InChI is InChI=1S/C19H27N5O4S2/c1-3-28-17-7-6-16(11-14(17)2)30(26,27)24-9-4-5-15(12-24)18(25)20-8-10-29-19-21-13-22-23-19/h6-7,11,13,15H,3-5,8-10,12H2,1-2H3,(H,20,25)(H,21,22,23)/t15-/m0/s1. The van der Waals surface area contributed by atoms with Gasteiger partial charge in [-0.25, -0.2) is 13.4 Å². The lowest BCUT2D eigenvalue weighted by Crippen LogP contribution is -2.45. The van der Waals surface area contributed by atoms with Crippen molar-refractivity contribution >= 4 is 27.7 Å². The minimum Gasteiger partial charge on any atom is -0.494 e. The molecule has 9 nitrogen and oxygen atoms in total. The molecule has 2 aromatic rings. The molecule has 0 bridgehead atoms. The zero-order chi connectivity index (χ0) is 21.6. The van der Waals surface area contributed by atoms with Crippen LogP contribution in [0.25, 0.3) is 0 Å². The highest BCUT2D eigenvalue weighted by Crippen LogP contribution is 2.27. The van der Waals surface area contributed by atoms with E-state index in [9.17, 15) is 13.2 Å². The summed E-state index contributed by atoms with van der Waals surface area (Å²) in [5, 5.41) is 10.1. The van der Waals surface area contributed by atoms with Crippen LogP contribution < -0.4 is 10.1 Å². The predicted octanol–water partition coefficient (Wildman–Crippen LogP) is 1.82. The Morgan fingerprint density at radius 1 is 1.43 bits per heavy atom. The molecule has 2 N–H and O–H groups in total. The highest BCUT2D eigenvalue weighted by Gasteiger charge is 2.33. The third-order valence-electron chi connectivity index (χ3n) is 4.87. The SMILES string of the molecule is CCOc1ccc(S(=O)(=O)N2CCC[C@H](C(=O)NCCSc3ncn[nH]3)C2)cc1C. The molecule has 1 fully saturated rings. The fourth-order valence-electron chi connectivity index (χ4n) is 3.35. The summed E-state index contributed by atoms with van der Waals surface area (Å²) in [5.74, 6) is 0.861. The minimum atomic E-state index is -3.66. The lowest BCUT2D eigenvalue weighted by Gasteiger charge is -2.31. The number of aromatic amines is 1. The monoisotopic (exact) mass is 453 g/mol. The number of rotatable bonds is 9. The third kappa shape index (κ3) is 5.52. The molecule has 1 saturated heterocycles. The van der Waals surface area contributed by atoms with Gasteiger partial charge in [-0.05, 0) is 50.5 Å². The first-order valence-electron chi connectivity index (χ1n) is 9.91. The van der Waals surface area contributed by atoms with Gasteiger partial charge in [0, 0.05) is 25.4 Å². The van der Waals surface area contributed by atoms with Crippen LogP contribution in [-0.2, 0) is 14.8 Å². The number of benzene rings is 1. The van der Waals surface area contributed by atoms with Gasteiger partial charge >= 0.3 is 0 Å². The van der Waals surface area contributed by atoms with Gasteiger partial charge in [-0.1, -0.05) is 11.8 Å². The van der Waals surface area contributed by atoms with Crippen molar-refractivity contribution in [2.45, 2.75) is 36.7 Å². The highest BCUT2D eigenvalue weighted by molar-refractivity contribution is 7.99. The molecular weight excluding hydrogens is 426 g/mol. The summed E-state index contributed by atoms with van der Waals surface area (Å²) in [6, 6.07) is 4.88. The Labute approximate surface area is 181 Å². The molecule has 164 valence electrons. The van der Waals surface area contributed by atoms with E-state index in [0.29, 0.717) is 49.2 Å². The van der Waals surface area contributed by atoms with Crippen LogP contribution in [0.4, 0.5) is 0 Å². The first-order valence-corrected chi connectivity index (χ1v) is 12.3. The van der Waals surface area contributed by atoms with Gasteiger partial charge in [-0.2, -0.15) is 9.40 Å². The maximum atomic E-state index is 13.1. The molecule has 1 amide bonds. The third-order valence-corrected chi connectivity index (χ3v) is 7.61. The van der Waals surface area contributed by atoms with Crippen molar-refractivity contribution in [1.82, 2.24) is 24.8 Å². The lowest BCUT2D eigenvalue weighted by atomic mass is 9.99. The normalized spacial score (nSPS) is 17.6. The summed E-state index contributed by atoms with van der Waals surface area (Å²) in [5.41, 5.74) is 0.772. The van der Waals surface area contributed by atoms with Gasteiger partial charge in [0.05, 0.1) is 17.4 Å². The van der Waals surface area contributed by atoms with Gasteiger partial charge in [0.1, 0.15) is 12.1 Å². The second-order valence-corrected chi connectivity index (χ2v) is 10.0. The fourth-order valence-corrected chi connectivity index (χ4v) is 5.60. The second-order valence-electron chi connectivity index (χ2n) is 6.99. The molecule has 0 aliphatic carbocycles. The van der Waals surface area contributed by atoms with Crippen LogP contribution in [0.15, 0.2) is 34.6 Å². The molecule has 0 radical (unpaired) electrons. The van der Waals surface area contributed by atoms with E-state index in [1.165, 1.54) is 22.4 Å². The number of nitrogens with zero attached hydrogens (tertiary/aromatic N) is 3. The average molecular weight is 454 g/mol. The van der Waals surface area contributed by atoms with Crippen molar-refractivity contribution in [3.8, 4) is 5.75 Å². The smallest absolute Gasteiger partial charge is 0.243 e. The quantitative estimate of drug-likeness (QED) is 0.439. The highest BCUT2D eigenvalue weighted by atomic mass is 32.2. The topological polar surface area (TPSA) is 117 Å². The average Bonchev–Trinajstić information content (AvgIpc) is 3.26. The predicted molar refractivity (Wildman–Crippen MR) is 114 cm³/mol. The summed E-state index contributed by atoms with van der Waals surface area (Å²) in [6.07, 6.45) is 2.76. The Kier molecular flexibility index (Phi) is 7.73. The molecule has 3 rings (SSSR count). The van der Waals surface area contributed by atoms with Crippen LogP contribution in [-0.4, -0.2) is 65.8 Å². The van der Waals surface area contributed by atoms with Crippen molar-refractivity contribution in [2.24, 2.45) is 5.92 Å². The zero-order valence-corrected chi connectivity index (χ0v) is 18.8. The number of piperidine rings is 1. The van der Waals surface area contributed by atoms with Gasteiger partial charge in [0.2, 0.25) is 15.9 Å². The number of aromatic nitrogens is 3. The Morgan fingerprint density at radius 2 is 2.27 bits per heavy atom. The largest absolute Gasteiger partial charge is 0.494 e. The van der Waals surface area contributed by atoms with Gasteiger partial charge < -0.3 is 10.1 Å². The number of carbonyl (C=O) groups excluding carboxylic acids is 1. The van der Waals surface area contributed by atoms with Gasteiger partial charge in [-0.3, -0.25) is 9.89 Å². The first kappa shape index (κ1) is 22.6. The van der Waals surface area contributed by atoms with E-state index in [2.05, 4.69) is 20.5 Å². The van der Waals surface area contributed by atoms with E-state index >= 15 is 0 Å². The molecule has 1 aromatic heterocycles. The van der Waals surface area contributed by atoms with Crippen molar-refractivity contribution in [2.75, 3.05) is 32.0 Å². The number of amides is 1. The molecule has 2 heterocycles. The molecule has 11 heteroatoms. The molecule has 30 heavy (non-hydrogen) atoms. The second kappa shape index (κ2) is 10.3. The molecule has 1 aliphatic heterocycles. The van der Waals surface area contributed by atoms with E-state index in [0.717, 1.165) is 5.56 Å². The lowest BCUT2D eigenvalue weighted by molar-refractivity contribution is -0.125. The van der Waals surface area contributed by atoms with Crippen LogP contribution >= 0.6 is 11.8 Å². The fraction of sp³-hybridized carbons (Fsp3) is 0.526. The summed E-state index contributed by atoms with van der Waals surface area (Å²) in [7, 11) is -3.66. The minimum absolute atomic E-state index is 0.115. The number of sulfonamides is 1. The van der Waals surface area contributed by atoms with Crippen molar-refractivity contribution in [3.05, 3.63) is 30.1 Å². The summed E-state index contributed by atoms with van der Waals surface area (Å²) < 4.78 is 33.1. The van der Waals surface area contributed by atoms with Gasteiger partial charge in [0.25, 0.3) is 0 Å². The van der Waals surface area contributed by atoms with Crippen LogP contribution in [0.2, 0.25) is 0 Å². The summed E-state index contributed by atoms with van der Waals surface area (Å²) >= 11 is 1.46. The maximum absolute atomic E-state index is 13.1. The molecule has 1 aliphatic rings. The van der Waals surface area contributed by atoms with Gasteiger partial charge in [0.15, 0.2) is 5.16 Å². The maximum Gasteiger partial charge on any atom is 0.243 e. The molecular formula is C19H27N5O4S2. The number of nitrogens with one attached hydrogen (secondary N) is 2. The van der Waals surface area contributed by atoms with E-state index in [4.69, 9.17) is 4.74 Å². The molecule has 0 unspecified atom stereocenters. The molecule has 0 spiro atoms. The van der Waals surface area contributed by atoms with Crippen molar-refractivity contribution in [3.63, 3.8) is 0 Å². The Hall–Kier alpha value is -2.11. The zero-order valence-electron chi connectivity index (χ0n) is 17.1. The number of carbonyl (C=O) groups is 1. The number of hydrogen-bond donors (Lipinski definition) is 2. The summed E-state index contributed by atoms with van der Waals surface area (Å²) in [6.45, 7) is 5.32. The Morgan fingerprint density at radius 3 is 2.97 bits per heavy atom. The van der Waals surface area contributed by atoms with Crippen molar-refractivity contribution < 1.29 is 17.9 Å². The first-order chi connectivity index (χ1) is 14.4. The number of hydrogen-bond acceptors (Lipinski definition) is 7.